The first kappa shape index (κ1) is 15.9. The SMILES string of the molecule is Cc1cc(C)c(NC(=O)CN2CCCc3ccccc32)c(Cl)c1. The summed E-state index contributed by atoms with van der Waals surface area (Å²) in [6.07, 6.45) is 2.16. The number of aryl methyl sites for hydroxylation is 3. The van der Waals surface area contributed by atoms with Gasteiger partial charge in [-0.25, -0.2) is 0 Å². The predicted molar refractivity (Wildman–Crippen MR) is 96.5 cm³/mol. The van der Waals surface area contributed by atoms with E-state index >= 15 is 0 Å². The minimum Gasteiger partial charge on any atom is -0.362 e. The van der Waals surface area contributed by atoms with E-state index in [4.69, 9.17) is 11.6 Å². The lowest BCUT2D eigenvalue weighted by Crippen LogP contribution is -2.36. The lowest BCUT2D eigenvalue weighted by Gasteiger charge is -2.30. The van der Waals surface area contributed by atoms with Crippen molar-refractivity contribution in [3.8, 4) is 0 Å². The van der Waals surface area contributed by atoms with Gasteiger partial charge in [-0.2, -0.15) is 0 Å². The van der Waals surface area contributed by atoms with E-state index in [2.05, 4.69) is 28.4 Å². The van der Waals surface area contributed by atoms with Gasteiger partial charge in [0, 0.05) is 12.2 Å². The first-order chi connectivity index (χ1) is 11.0. The number of carbonyl (C=O) groups excluding carboxylic acids is 1. The molecule has 1 aliphatic heterocycles. The Balaban J connectivity index is 1.74. The van der Waals surface area contributed by atoms with Crippen molar-refractivity contribution in [1.29, 1.82) is 0 Å². The molecule has 0 bridgehead atoms. The molecule has 2 aromatic carbocycles. The molecule has 1 amide bonds. The molecule has 3 nitrogen and oxygen atoms in total. The summed E-state index contributed by atoms with van der Waals surface area (Å²) in [4.78, 5) is 14.6. The number of fused-ring (bicyclic) bond motifs is 1. The van der Waals surface area contributed by atoms with Crippen LogP contribution in [0.3, 0.4) is 0 Å². The van der Waals surface area contributed by atoms with Gasteiger partial charge in [-0.05, 0) is 55.5 Å². The van der Waals surface area contributed by atoms with Crippen molar-refractivity contribution in [2.24, 2.45) is 0 Å². The van der Waals surface area contributed by atoms with Crippen LogP contribution in [0.15, 0.2) is 36.4 Å². The van der Waals surface area contributed by atoms with Crippen LogP contribution in [0.4, 0.5) is 11.4 Å². The minimum atomic E-state index is -0.0319. The van der Waals surface area contributed by atoms with Crippen molar-refractivity contribution < 1.29 is 4.79 Å². The van der Waals surface area contributed by atoms with Gasteiger partial charge in [0.1, 0.15) is 0 Å². The number of anilines is 2. The Morgan fingerprint density at radius 2 is 2.04 bits per heavy atom. The highest BCUT2D eigenvalue weighted by molar-refractivity contribution is 6.34. The number of nitrogens with zero attached hydrogens (tertiary/aromatic N) is 1. The van der Waals surface area contributed by atoms with Gasteiger partial charge in [0.25, 0.3) is 0 Å². The number of halogens is 1. The maximum absolute atomic E-state index is 12.5. The summed E-state index contributed by atoms with van der Waals surface area (Å²) in [5.74, 6) is -0.0319. The van der Waals surface area contributed by atoms with Crippen molar-refractivity contribution in [2.45, 2.75) is 26.7 Å². The van der Waals surface area contributed by atoms with E-state index in [1.807, 2.05) is 32.0 Å². The third-order valence-corrected chi connectivity index (χ3v) is 4.54. The van der Waals surface area contributed by atoms with E-state index in [1.165, 1.54) is 11.3 Å². The average molecular weight is 329 g/mol. The van der Waals surface area contributed by atoms with Crippen LogP contribution in [0.1, 0.15) is 23.1 Å². The van der Waals surface area contributed by atoms with Crippen LogP contribution in [0, 0.1) is 13.8 Å². The van der Waals surface area contributed by atoms with E-state index in [0.29, 0.717) is 17.3 Å². The van der Waals surface area contributed by atoms with Crippen LogP contribution < -0.4 is 10.2 Å². The summed E-state index contributed by atoms with van der Waals surface area (Å²) in [6, 6.07) is 12.2. The molecule has 0 spiro atoms. The van der Waals surface area contributed by atoms with E-state index < -0.39 is 0 Å². The van der Waals surface area contributed by atoms with E-state index in [0.717, 1.165) is 30.5 Å². The third kappa shape index (κ3) is 3.50. The Labute approximate surface area is 142 Å². The smallest absolute Gasteiger partial charge is 0.243 e. The minimum absolute atomic E-state index is 0.0319. The molecule has 0 radical (unpaired) electrons. The van der Waals surface area contributed by atoms with E-state index in [1.54, 1.807) is 0 Å². The molecule has 0 saturated heterocycles. The second-order valence-corrected chi connectivity index (χ2v) is 6.55. The molecule has 0 aliphatic carbocycles. The van der Waals surface area contributed by atoms with Crippen molar-refractivity contribution >= 4 is 28.9 Å². The molecule has 3 rings (SSSR count). The summed E-state index contributed by atoms with van der Waals surface area (Å²) in [5.41, 5.74) is 5.28. The number of nitrogens with one attached hydrogen (secondary N) is 1. The van der Waals surface area contributed by atoms with Gasteiger partial charge >= 0.3 is 0 Å². The molecule has 1 N–H and O–H groups in total. The molecule has 120 valence electrons. The highest BCUT2D eigenvalue weighted by Gasteiger charge is 2.19. The second kappa shape index (κ2) is 6.63. The number of benzene rings is 2. The maximum Gasteiger partial charge on any atom is 0.243 e. The maximum atomic E-state index is 12.5. The second-order valence-electron chi connectivity index (χ2n) is 6.14. The fourth-order valence-electron chi connectivity index (χ4n) is 3.20. The molecule has 2 aromatic rings. The molecule has 0 saturated carbocycles. The normalized spacial score (nSPS) is 13.6. The Kier molecular flexibility index (Phi) is 4.58. The molecule has 1 aliphatic rings. The van der Waals surface area contributed by atoms with Gasteiger partial charge in [-0.15, -0.1) is 0 Å². The van der Waals surface area contributed by atoms with Crippen LogP contribution >= 0.6 is 11.6 Å². The third-order valence-electron chi connectivity index (χ3n) is 4.24. The number of hydrogen-bond acceptors (Lipinski definition) is 2. The van der Waals surface area contributed by atoms with Gasteiger partial charge in [0.2, 0.25) is 5.91 Å². The van der Waals surface area contributed by atoms with Gasteiger partial charge in [-0.1, -0.05) is 35.9 Å². The fraction of sp³-hybridized carbons (Fsp3) is 0.316. The first-order valence-corrected chi connectivity index (χ1v) is 8.32. The first-order valence-electron chi connectivity index (χ1n) is 7.94. The Morgan fingerprint density at radius 3 is 2.83 bits per heavy atom. The predicted octanol–water partition coefficient (Wildman–Crippen LogP) is 4.35. The lowest BCUT2D eigenvalue weighted by atomic mass is 10.0. The highest BCUT2D eigenvalue weighted by Crippen LogP contribution is 2.29. The van der Waals surface area contributed by atoms with Gasteiger partial charge in [0.05, 0.1) is 17.3 Å². The molecular weight excluding hydrogens is 308 g/mol. The number of hydrogen-bond donors (Lipinski definition) is 1. The molecule has 0 atom stereocenters. The molecule has 0 unspecified atom stereocenters. The molecule has 0 fully saturated rings. The largest absolute Gasteiger partial charge is 0.362 e. The Hall–Kier alpha value is -2.00. The number of para-hydroxylation sites is 1. The molecule has 0 aromatic heterocycles. The summed E-state index contributed by atoms with van der Waals surface area (Å²) >= 11 is 6.27. The quantitative estimate of drug-likeness (QED) is 0.908. The van der Waals surface area contributed by atoms with Crippen LogP contribution in [-0.2, 0) is 11.2 Å². The van der Waals surface area contributed by atoms with Crippen molar-refractivity contribution in [2.75, 3.05) is 23.3 Å². The monoisotopic (exact) mass is 328 g/mol. The topological polar surface area (TPSA) is 32.3 Å². The summed E-state index contributed by atoms with van der Waals surface area (Å²) in [7, 11) is 0. The van der Waals surface area contributed by atoms with Crippen LogP contribution in [0.5, 0.6) is 0 Å². The number of amides is 1. The molecule has 1 heterocycles. The summed E-state index contributed by atoms with van der Waals surface area (Å²) in [5, 5.41) is 3.56. The summed E-state index contributed by atoms with van der Waals surface area (Å²) in [6.45, 7) is 5.21. The molecule has 4 heteroatoms. The zero-order valence-corrected chi connectivity index (χ0v) is 14.3. The number of rotatable bonds is 3. The lowest BCUT2D eigenvalue weighted by molar-refractivity contribution is -0.115. The van der Waals surface area contributed by atoms with Gasteiger partial charge in [-0.3, -0.25) is 4.79 Å². The number of carbonyl (C=O) groups is 1. The standard InChI is InChI=1S/C19H21ClN2O/c1-13-10-14(2)19(16(20)11-13)21-18(23)12-22-9-5-7-15-6-3-4-8-17(15)22/h3-4,6,8,10-11H,5,7,9,12H2,1-2H3,(H,21,23). The van der Waals surface area contributed by atoms with E-state index in [-0.39, 0.29) is 5.91 Å². The Bertz CT molecular complexity index is 719. The fourth-order valence-corrected chi connectivity index (χ4v) is 3.57. The molecule has 23 heavy (non-hydrogen) atoms. The van der Waals surface area contributed by atoms with Crippen molar-refractivity contribution in [3.63, 3.8) is 0 Å². The zero-order valence-electron chi connectivity index (χ0n) is 13.5. The van der Waals surface area contributed by atoms with Gasteiger partial charge in [0.15, 0.2) is 0 Å². The van der Waals surface area contributed by atoms with Gasteiger partial charge < -0.3 is 10.2 Å². The van der Waals surface area contributed by atoms with Crippen LogP contribution in [0.2, 0.25) is 5.02 Å². The van der Waals surface area contributed by atoms with E-state index in [9.17, 15) is 4.79 Å². The summed E-state index contributed by atoms with van der Waals surface area (Å²) < 4.78 is 0. The highest BCUT2D eigenvalue weighted by atomic mass is 35.5. The Morgan fingerprint density at radius 1 is 1.26 bits per heavy atom. The zero-order chi connectivity index (χ0) is 16.4. The molecular formula is C19H21ClN2O. The van der Waals surface area contributed by atoms with Crippen molar-refractivity contribution in [3.05, 3.63) is 58.1 Å². The van der Waals surface area contributed by atoms with Crippen LogP contribution in [0.25, 0.3) is 0 Å². The van der Waals surface area contributed by atoms with Crippen LogP contribution in [-0.4, -0.2) is 19.0 Å². The average Bonchev–Trinajstić information content (AvgIpc) is 2.51. The van der Waals surface area contributed by atoms with Crippen molar-refractivity contribution in [1.82, 2.24) is 0 Å².